The van der Waals surface area contributed by atoms with E-state index in [9.17, 15) is 9.13 Å². The maximum atomic E-state index is 12.7. The first-order valence-electron chi connectivity index (χ1n) is 10.5. The molecule has 26 heavy (non-hydrogen) atoms. The average Bonchev–Trinajstić information content (AvgIpc) is 3.22. The molecule has 2 nitrogen and oxygen atoms in total. The lowest BCUT2D eigenvalue weighted by Gasteiger charge is -2.17. The summed E-state index contributed by atoms with van der Waals surface area (Å²) in [4.78, 5) is 0. The van der Waals surface area contributed by atoms with Crippen LogP contribution in [0.2, 0.25) is 0 Å². The van der Waals surface area contributed by atoms with Gasteiger partial charge in [0, 0.05) is 18.2 Å². The minimum absolute atomic E-state index is 0.470. The maximum Gasteiger partial charge on any atom is 0.0768 e. The van der Waals surface area contributed by atoms with Crippen molar-refractivity contribution < 1.29 is 9.13 Å². The lowest BCUT2D eigenvalue weighted by molar-refractivity contribution is 0.496. The van der Waals surface area contributed by atoms with Gasteiger partial charge in [-0.3, -0.25) is 0 Å². The van der Waals surface area contributed by atoms with Crippen LogP contribution in [0.25, 0.3) is 6.08 Å². The van der Waals surface area contributed by atoms with E-state index in [0.29, 0.717) is 11.8 Å². The molecule has 1 heterocycles. The Morgan fingerprint density at radius 1 is 0.846 bits per heavy atom. The maximum absolute atomic E-state index is 12.7. The Morgan fingerprint density at radius 2 is 1.69 bits per heavy atom. The molecule has 1 aromatic carbocycles. The van der Waals surface area contributed by atoms with Gasteiger partial charge in [0.05, 0.1) is 15.6 Å². The number of hydrogen-bond donors (Lipinski definition) is 0. The molecule has 2 aliphatic carbocycles. The molecule has 5 unspecified atom stereocenters. The molecule has 0 spiro atoms. The third-order valence-electron chi connectivity index (χ3n) is 6.80. The van der Waals surface area contributed by atoms with Crippen molar-refractivity contribution in [2.75, 3.05) is 24.6 Å². The lowest BCUT2D eigenvalue weighted by atomic mass is 9.90. The van der Waals surface area contributed by atoms with Crippen LogP contribution in [0.1, 0.15) is 62.0 Å². The Kier molecular flexibility index (Phi) is 6.22. The Morgan fingerprint density at radius 3 is 2.62 bits per heavy atom. The van der Waals surface area contributed by atoms with Gasteiger partial charge in [-0.15, -0.1) is 0 Å². The summed E-state index contributed by atoms with van der Waals surface area (Å²) >= 11 is 0. The minimum Gasteiger partial charge on any atom is -0.327 e. The Hall–Kier alpha value is -0.580. The summed E-state index contributed by atoms with van der Waals surface area (Å²) in [6, 6.07) is 8.70. The van der Waals surface area contributed by atoms with Gasteiger partial charge in [-0.25, -0.2) is 0 Å². The van der Waals surface area contributed by atoms with Crippen LogP contribution < -0.4 is 0 Å². The molecule has 1 aromatic rings. The van der Waals surface area contributed by atoms with Crippen LogP contribution >= 0.6 is 15.6 Å². The summed E-state index contributed by atoms with van der Waals surface area (Å²) < 4.78 is 25.2. The fraction of sp³-hybridized carbons (Fsp3) is 0.636. The zero-order chi connectivity index (χ0) is 17.9. The van der Waals surface area contributed by atoms with Gasteiger partial charge >= 0.3 is 0 Å². The Bertz CT molecular complexity index is 725. The molecular weight excluding hydrogens is 358 g/mol. The van der Waals surface area contributed by atoms with Gasteiger partial charge in [-0.05, 0) is 73.8 Å². The number of rotatable bonds is 0. The standard InChI is InChI=1S/C22H32O2P2/c23-25-11-3-6-22-20(15-19-4-1-2-5-21(19)22)10-13-26(24)16-18-8-7-17(14-18)9-12-25/h1-2,4-5,15,17-18,22,25-26H,3,6-14,16H2. The summed E-state index contributed by atoms with van der Waals surface area (Å²) in [7, 11) is -2.88. The van der Waals surface area contributed by atoms with Crippen molar-refractivity contribution in [3.63, 3.8) is 0 Å². The van der Waals surface area contributed by atoms with Crippen molar-refractivity contribution in [2.24, 2.45) is 11.8 Å². The second-order valence-electron chi connectivity index (χ2n) is 8.66. The first-order valence-corrected chi connectivity index (χ1v) is 14.2. The largest absolute Gasteiger partial charge is 0.327 e. The van der Waals surface area contributed by atoms with Crippen LogP contribution in [0, 0.1) is 11.8 Å². The highest BCUT2D eigenvalue weighted by Crippen LogP contribution is 2.45. The summed E-state index contributed by atoms with van der Waals surface area (Å²) in [5.41, 5.74) is 4.26. The Balaban J connectivity index is 1.50. The van der Waals surface area contributed by atoms with Crippen LogP contribution in [0.4, 0.5) is 0 Å². The van der Waals surface area contributed by atoms with Crippen molar-refractivity contribution in [3.05, 3.63) is 41.0 Å². The third kappa shape index (κ3) is 4.45. The van der Waals surface area contributed by atoms with Crippen LogP contribution in [-0.2, 0) is 9.13 Å². The molecule has 2 bridgehead atoms. The fourth-order valence-corrected chi connectivity index (χ4v) is 8.74. The van der Waals surface area contributed by atoms with Crippen LogP contribution in [-0.4, -0.2) is 24.6 Å². The van der Waals surface area contributed by atoms with E-state index in [2.05, 4.69) is 30.3 Å². The van der Waals surface area contributed by atoms with Crippen LogP contribution in [0.5, 0.6) is 0 Å². The van der Waals surface area contributed by atoms with Gasteiger partial charge in [-0.1, -0.05) is 42.3 Å². The highest BCUT2D eigenvalue weighted by molar-refractivity contribution is 7.44. The van der Waals surface area contributed by atoms with Crippen LogP contribution in [0.15, 0.2) is 29.8 Å². The summed E-state index contributed by atoms with van der Waals surface area (Å²) in [5, 5.41) is 0. The SMILES string of the molecule is O=[PH]1CCCC2C(=Cc3ccccc32)CC[PH](=O)CC2CCC(CC1)C2. The van der Waals surface area contributed by atoms with Crippen molar-refractivity contribution in [1.82, 2.24) is 0 Å². The van der Waals surface area contributed by atoms with E-state index >= 15 is 0 Å². The van der Waals surface area contributed by atoms with E-state index < -0.39 is 15.6 Å². The van der Waals surface area contributed by atoms with Crippen molar-refractivity contribution >= 4 is 21.7 Å². The normalized spacial score (nSPS) is 35.7. The molecule has 0 aromatic heterocycles. The molecule has 4 heteroatoms. The predicted octanol–water partition coefficient (Wildman–Crippen LogP) is 6.28. The van der Waals surface area contributed by atoms with Crippen molar-refractivity contribution in [1.29, 1.82) is 0 Å². The molecule has 1 aliphatic heterocycles. The van der Waals surface area contributed by atoms with Gasteiger partial charge in [0.1, 0.15) is 0 Å². The number of hydrogen-bond acceptors (Lipinski definition) is 2. The predicted molar refractivity (Wildman–Crippen MR) is 114 cm³/mol. The highest BCUT2D eigenvalue weighted by atomic mass is 31.1. The summed E-state index contributed by atoms with van der Waals surface area (Å²) in [5.74, 6) is 1.89. The van der Waals surface area contributed by atoms with E-state index in [0.717, 1.165) is 56.2 Å². The molecule has 3 aliphatic rings. The van der Waals surface area contributed by atoms with E-state index in [-0.39, 0.29) is 0 Å². The monoisotopic (exact) mass is 390 g/mol. The molecule has 1 saturated heterocycles. The van der Waals surface area contributed by atoms with Crippen LogP contribution in [0.3, 0.4) is 0 Å². The summed E-state index contributed by atoms with van der Waals surface area (Å²) in [6.45, 7) is 0. The molecular formula is C22H32O2P2. The van der Waals surface area contributed by atoms with Crippen molar-refractivity contribution in [2.45, 2.75) is 50.9 Å². The number of allylic oxidation sites excluding steroid dienone is 1. The first-order chi connectivity index (χ1) is 12.7. The van der Waals surface area contributed by atoms with Gasteiger partial charge in [0.15, 0.2) is 0 Å². The molecule has 0 radical (unpaired) electrons. The molecule has 2 fully saturated rings. The zero-order valence-corrected chi connectivity index (χ0v) is 17.7. The quantitative estimate of drug-likeness (QED) is 0.489. The molecule has 142 valence electrons. The zero-order valence-electron chi connectivity index (χ0n) is 15.7. The molecule has 5 atom stereocenters. The lowest BCUT2D eigenvalue weighted by Crippen LogP contribution is -2.03. The van der Waals surface area contributed by atoms with Gasteiger partial charge in [0.2, 0.25) is 0 Å². The number of fused-ring (bicyclic) bond motifs is 5. The average molecular weight is 390 g/mol. The van der Waals surface area contributed by atoms with E-state index in [1.165, 1.54) is 36.0 Å². The Labute approximate surface area is 159 Å². The van der Waals surface area contributed by atoms with Gasteiger partial charge in [0.25, 0.3) is 0 Å². The highest BCUT2D eigenvalue weighted by Gasteiger charge is 2.28. The van der Waals surface area contributed by atoms with Crippen molar-refractivity contribution in [3.8, 4) is 0 Å². The second kappa shape index (κ2) is 8.62. The van der Waals surface area contributed by atoms with Gasteiger partial charge in [-0.2, -0.15) is 0 Å². The second-order valence-corrected chi connectivity index (χ2v) is 12.7. The number of benzene rings is 1. The minimum atomic E-state index is -1.46. The van der Waals surface area contributed by atoms with E-state index in [4.69, 9.17) is 0 Å². The topological polar surface area (TPSA) is 34.1 Å². The van der Waals surface area contributed by atoms with E-state index in [1.54, 1.807) is 0 Å². The summed E-state index contributed by atoms with van der Waals surface area (Å²) in [6.07, 6.45) is 14.1. The van der Waals surface area contributed by atoms with E-state index in [1.807, 2.05) is 0 Å². The molecule has 1 saturated carbocycles. The smallest absolute Gasteiger partial charge is 0.0768 e. The fourth-order valence-electron chi connectivity index (χ4n) is 5.37. The molecule has 0 N–H and O–H groups in total. The first kappa shape index (κ1) is 18.8. The molecule has 4 rings (SSSR count). The van der Waals surface area contributed by atoms with Gasteiger partial charge < -0.3 is 9.13 Å². The molecule has 0 amide bonds. The third-order valence-corrected chi connectivity index (χ3v) is 10.4.